The van der Waals surface area contributed by atoms with Crippen LogP contribution in [0.3, 0.4) is 0 Å². The lowest BCUT2D eigenvalue weighted by Gasteiger charge is -2.26. The lowest BCUT2D eigenvalue weighted by atomic mass is 9.98. The van der Waals surface area contributed by atoms with Gasteiger partial charge in [-0.15, -0.1) is 0 Å². The number of hydrogen-bond acceptors (Lipinski definition) is 4. The molecule has 1 fully saturated rings. The normalized spacial score (nSPS) is 17.9. The maximum absolute atomic E-state index is 12.3. The molecule has 0 radical (unpaired) electrons. The number of aliphatic hydroxyl groups is 1. The molecule has 0 spiro atoms. The number of nitrogens with one attached hydrogen (secondary N) is 2. The zero-order valence-electron chi connectivity index (χ0n) is 14.2. The number of amides is 2. The van der Waals surface area contributed by atoms with Crippen molar-refractivity contribution in [3.05, 3.63) is 35.9 Å². The van der Waals surface area contributed by atoms with Crippen molar-refractivity contribution in [1.29, 1.82) is 0 Å². The summed E-state index contributed by atoms with van der Waals surface area (Å²) < 4.78 is 0. The molecular weight excluding hydrogens is 306 g/mol. The molecule has 2 amide bonds. The number of rotatable bonds is 8. The maximum atomic E-state index is 12.3. The average Bonchev–Trinajstić information content (AvgIpc) is 3.37. The van der Waals surface area contributed by atoms with Gasteiger partial charge < -0.3 is 21.5 Å². The van der Waals surface area contributed by atoms with Gasteiger partial charge >= 0.3 is 0 Å². The van der Waals surface area contributed by atoms with Crippen LogP contribution in [0.15, 0.2) is 30.3 Å². The lowest BCUT2D eigenvalue weighted by molar-refractivity contribution is -0.132. The summed E-state index contributed by atoms with van der Waals surface area (Å²) in [5.41, 5.74) is 6.80. The summed E-state index contributed by atoms with van der Waals surface area (Å²) >= 11 is 0. The topological polar surface area (TPSA) is 104 Å². The number of nitrogens with two attached hydrogens (primary N) is 1. The zero-order chi connectivity index (χ0) is 17.7. The third kappa shape index (κ3) is 5.32. The molecule has 0 aliphatic heterocycles. The van der Waals surface area contributed by atoms with E-state index < -0.39 is 24.1 Å². The molecular formula is C18H27N3O3. The number of aliphatic hydroxyl groups excluding tert-OH is 1. The molecule has 1 aromatic carbocycles. The third-order valence-corrected chi connectivity index (χ3v) is 4.22. The van der Waals surface area contributed by atoms with E-state index >= 15 is 0 Å². The van der Waals surface area contributed by atoms with Crippen LogP contribution in [0, 0.1) is 5.92 Å². The highest BCUT2D eigenvalue weighted by Crippen LogP contribution is 2.19. The van der Waals surface area contributed by atoms with Crippen molar-refractivity contribution in [1.82, 2.24) is 10.6 Å². The van der Waals surface area contributed by atoms with Crippen molar-refractivity contribution >= 4 is 11.8 Å². The number of hydrogen-bond donors (Lipinski definition) is 4. The molecule has 132 valence electrons. The highest BCUT2D eigenvalue weighted by atomic mass is 16.3. The minimum atomic E-state index is -1.31. The summed E-state index contributed by atoms with van der Waals surface area (Å²) in [5.74, 6) is -0.833. The van der Waals surface area contributed by atoms with E-state index in [4.69, 9.17) is 5.73 Å². The van der Waals surface area contributed by atoms with Gasteiger partial charge in [0, 0.05) is 6.04 Å². The quantitative estimate of drug-likeness (QED) is 0.550. The smallest absolute Gasteiger partial charge is 0.251 e. The van der Waals surface area contributed by atoms with Gasteiger partial charge in [0.25, 0.3) is 5.91 Å². The lowest BCUT2D eigenvalue weighted by Crippen LogP contribution is -2.56. The molecule has 2 rings (SSSR count). The molecule has 0 bridgehead atoms. The molecule has 1 saturated carbocycles. The Morgan fingerprint density at radius 1 is 1.21 bits per heavy atom. The minimum Gasteiger partial charge on any atom is -0.381 e. The van der Waals surface area contributed by atoms with Gasteiger partial charge in [0.05, 0.1) is 12.1 Å². The van der Waals surface area contributed by atoms with Crippen molar-refractivity contribution in [2.45, 2.75) is 57.3 Å². The summed E-state index contributed by atoms with van der Waals surface area (Å²) in [6.45, 7) is 3.71. The summed E-state index contributed by atoms with van der Waals surface area (Å²) in [6.07, 6.45) is 0.921. The van der Waals surface area contributed by atoms with Crippen molar-refractivity contribution in [2.75, 3.05) is 0 Å². The molecule has 1 aromatic rings. The van der Waals surface area contributed by atoms with Gasteiger partial charge in [-0.1, -0.05) is 44.2 Å². The molecule has 0 aromatic heterocycles. The SMILES string of the molecule is CC(C)C(N)C(=O)NC(Cc1ccccc1)C(O)C(=O)NC1CC1. The van der Waals surface area contributed by atoms with Gasteiger partial charge in [-0.2, -0.15) is 0 Å². The first-order valence-corrected chi connectivity index (χ1v) is 8.46. The van der Waals surface area contributed by atoms with E-state index in [1.807, 2.05) is 44.2 Å². The Bertz CT molecular complexity index is 558. The first kappa shape index (κ1) is 18.4. The highest BCUT2D eigenvalue weighted by molar-refractivity contribution is 5.85. The van der Waals surface area contributed by atoms with Gasteiger partial charge in [-0.25, -0.2) is 0 Å². The van der Waals surface area contributed by atoms with Crippen molar-refractivity contribution in [3.8, 4) is 0 Å². The van der Waals surface area contributed by atoms with Gasteiger partial charge in [0.15, 0.2) is 6.10 Å². The summed E-state index contributed by atoms with van der Waals surface area (Å²) in [4.78, 5) is 24.4. The molecule has 5 N–H and O–H groups in total. The molecule has 0 saturated heterocycles. The number of benzene rings is 1. The van der Waals surface area contributed by atoms with Gasteiger partial charge in [0.1, 0.15) is 0 Å². The monoisotopic (exact) mass is 333 g/mol. The van der Waals surface area contributed by atoms with Crippen molar-refractivity contribution < 1.29 is 14.7 Å². The Labute approximate surface area is 142 Å². The van der Waals surface area contributed by atoms with Gasteiger partial charge in [-0.3, -0.25) is 9.59 Å². The molecule has 1 aliphatic rings. The van der Waals surface area contributed by atoms with E-state index in [2.05, 4.69) is 10.6 Å². The molecule has 24 heavy (non-hydrogen) atoms. The fourth-order valence-corrected chi connectivity index (χ4v) is 2.39. The van der Waals surface area contributed by atoms with Crippen LogP contribution in [0.4, 0.5) is 0 Å². The minimum absolute atomic E-state index is 0.0280. The molecule has 1 aliphatic carbocycles. The first-order valence-electron chi connectivity index (χ1n) is 8.46. The Morgan fingerprint density at radius 3 is 2.38 bits per heavy atom. The average molecular weight is 333 g/mol. The van der Waals surface area contributed by atoms with Crippen LogP contribution in [0.1, 0.15) is 32.3 Å². The summed E-state index contributed by atoms with van der Waals surface area (Å²) in [6, 6.07) is 8.20. The fraction of sp³-hybridized carbons (Fsp3) is 0.556. The van der Waals surface area contributed by atoms with E-state index in [1.165, 1.54) is 0 Å². The van der Waals surface area contributed by atoms with E-state index in [9.17, 15) is 14.7 Å². The largest absolute Gasteiger partial charge is 0.381 e. The Morgan fingerprint density at radius 2 is 1.83 bits per heavy atom. The van der Waals surface area contributed by atoms with Crippen LogP contribution in [-0.2, 0) is 16.0 Å². The predicted octanol–water partition coefficient (Wildman–Crippen LogP) is 0.337. The van der Waals surface area contributed by atoms with Gasteiger partial charge in [-0.05, 0) is 30.7 Å². The number of carbonyl (C=O) groups is 2. The van der Waals surface area contributed by atoms with Crippen LogP contribution < -0.4 is 16.4 Å². The second-order valence-electron chi connectivity index (χ2n) is 6.80. The Kier molecular flexibility index (Phi) is 6.34. The molecule has 6 nitrogen and oxygen atoms in total. The molecule has 3 unspecified atom stereocenters. The van der Waals surface area contributed by atoms with Crippen molar-refractivity contribution in [3.63, 3.8) is 0 Å². The van der Waals surface area contributed by atoms with Gasteiger partial charge in [0.2, 0.25) is 5.91 Å². The second-order valence-corrected chi connectivity index (χ2v) is 6.80. The fourth-order valence-electron chi connectivity index (χ4n) is 2.39. The zero-order valence-corrected chi connectivity index (χ0v) is 14.2. The van der Waals surface area contributed by atoms with Crippen LogP contribution >= 0.6 is 0 Å². The Hall–Kier alpha value is -1.92. The van der Waals surface area contributed by atoms with Crippen LogP contribution in [0.2, 0.25) is 0 Å². The number of carbonyl (C=O) groups excluding carboxylic acids is 2. The van der Waals surface area contributed by atoms with E-state index in [1.54, 1.807) is 0 Å². The van der Waals surface area contributed by atoms with E-state index in [0.29, 0.717) is 6.42 Å². The third-order valence-electron chi connectivity index (χ3n) is 4.22. The molecule has 3 atom stereocenters. The highest BCUT2D eigenvalue weighted by Gasteiger charge is 2.33. The van der Waals surface area contributed by atoms with Crippen LogP contribution in [0.5, 0.6) is 0 Å². The van der Waals surface area contributed by atoms with E-state index in [-0.39, 0.29) is 17.9 Å². The molecule has 0 heterocycles. The predicted molar refractivity (Wildman–Crippen MR) is 92.1 cm³/mol. The standard InChI is InChI=1S/C18H27N3O3/c1-11(2)15(19)17(23)21-14(10-12-6-4-3-5-7-12)16(22)18(24)20-13-8-9-13/h3-7,11,13-16,22H,8-10,19H2,1-2H3,(H,20,24)(H,21,23). The van der Waals surface area contributed by atoms with Crippen LogP contribution in [-0.4, -0.2) is 41.2 Å². The van der Waals surface area contributed by atoms with E-state index in [0.717, 1.165) is 18.4 Å². The summed E-state index contributed by atoms with van der Waals surface area (Å²) in [5, 5.41) is 15.9. The second kappa shape index (κ2) is 8.26. The Balaban J connectivity index is 2.07. The maximum Gasteiger partial charge on any atom is 0.251 e. The first-order chi connectivity index (χ1) is 11.4. The molecule has 6 heteroatoms. The van der Waals surface area contributed by atoms with Crippen molar-refractivity contribution in [2.24, 2.45) is 11.7 Å². The summed E-state index contributed by atoms with van der Waals surface area (Å²) in [7, 11) is 0. The van der Waals surface area contributed by atoms with Crippen LogP contribution in [0.25, 0.3) is 0 Å².